The van der Waals surface area contributed by atoms with Gasteiger partial charge in [0.2, 0.25) is 0 Å². The van der Waals surface area contributed by atoms with Gasteiger partial charge in [0.15, 0.2) is 0 Å². The van der Waals surface area contributed by atoms with Crippen LogP contribution in [0.1, 0.15) is 16.7 Å². The van der Waals surface area contributed by atoms with Gasteiger partial charge in [-0.15, -0.1) is 6.42 Å². The van der Waals surface area contributed by atoms with Crippen LogP contribution in [0.5, 0.6) is 0 Å². The van der Waals surface area contributed by atoms with E-state index in [0.717, 1.165) is 22.4 Å². The molecule has 2 rings (SSSR count). The average molecular weight is 217 g/mol. The topological polar surface area (TPSA) is 26.0 Å². The fourth-order valence-corrected chi connectivity index (χ4v) is 1.36. The number of terminal acetylenes is 1. The van der Waals surface area contributed by atoms with Gasteiger partial charge in [-0.25, -0.2) is 0 Å². The van der Waals surface area contributed by atoms with Gasteiger partial charge in [-0.3, -0.25) is 0 Å². The molecule has 0 unspecified atom stereocenters. The Bertz CT molecular complexity index is 602. The lowest BCUT2D eigenvalue weighted by molar-refractivity contribution is 1.59. The van der Waals surface area contributed by atoms with Crippen molar-refractivity contribution in [3.8, 4) is 24.2 Å². The smallest absolute Gasteiger partial charge is 0.0314 e. The van der Waals surface area contributed by atoms with Gasteiger partial charge in [0.1, 0.15) is 0 Å². The maximum Gasteiger partial charge on any atom is 0.0314 e. The molecule has 0 heterocycles. The molecule has 0 bridgehead atoms. The summed E-state index contributed by atoms with van der Waals surface area (Å²) in [6.45, 7) is 0. The Morgan fingerprint density at radius 1 is 0.706 bits per heavy atom. The van der Waals surface area contributed by atoms with Crippen molar-refractivity contribution < 1.29 is 0 Å². The summed E-state index contributed by atoms with van der Waals surface area (Å²) in [5.74, 6) is 8.71. The number of nitrogens with two attached hydrogens (primary N) is 1. The van der Waals surface area contributed by atoms with Crippen LogP contribution < -0.4 is 5.73 Å². The lowest BCUT2D eigenvalue weighted by atomic mass is 10.1. The highest BCUT2D eigenvalue weighted by atomic mass is 14.5. The molecule has 2 N–H and O–H groups in total. The van der Waals surface area contributed by atoms with E-state index in [2.05, 4.69) is 17.8 Å². The maximum absolute atomic E-state index is 5.60. The van der Waals surface area contributed by atoms with E-state index in [4.69, 9.17) is 12.2 Å². The van der Waals surface area contributed by atoms with Crippen LogP contribution in [0.25, 0.3) is 0 Å². The zero-order valence-corrected chi connectivity index (χ0v) is 9.27. The van der Waals surface area contributed by atoms with E-state index in [1.165, 1.54) is 0 Å². The molecular formula is C16H11N. The van der Waals surface area contributed by atoms with Crippen molar-refractivity contribution in [2.24, 2.45) is 0 Å². The highest BCUT2D eigenvalue weighted by molar-refractivity contribution is 5.48. The molecule has 0 aliphatic rings. The van der Waals surface area contributed by atoms with Gasteiger partial charge in [-0.1, -0.05) is 17.8 Å². The van der Waals surface area contributed by atoms with Gasteiger partial charge < -0.3 is 5.73 Å². The third kappa shape index (κ3) is 2.91. The normalized spacial score (nSPS) is 8.88. The van der Waals surface area contributed by atoms with E-state index in [1.54, 1.807) is 0 Å². The molecule has 1 nitrogen and oxygen atoms in total. The zero-order chi connectivity index (χ0) is 12.1. The molecule has 0 spiro atoms. The first kappa shape index (κ1) is 10.9. The second kappa shape index (κ2) is 4.92. The van der Waals surface area contributed by atoms with Crippen molar-refractivity contribution in [2.45, 2.75) is 0 Å². The Kier molecular flexibility index (Phi) is 3.15. The predicted molar refractivity (Wildman–Crippen MR) is 71.2 cm³/mol. The summed E-state index contributed by atoms with van der Waals surface area (Å²) in [5, 5.41) is 0. The largest absolute Gasteiger partial charge is 0.399 e. The molecule has 0 radical (unpaired) electrons. The lowest BCUT2D eigenvalue weighted by Gasteiger charge is -1.93. The lowest BCUT2D eigenvalue weighted by Crippen LogP contribution is -1.83. The molecule has 2 aromatic carbocycles. The second-order valence-electron chi connectivity index (χ2n) is 3.59. The average Bonchev–Trinajstić information content (AvgIpc) is 2.39. The molecule has 0 saturated carbocycles. The minimum Gasteiger partial charge on any atom is -0.399 e. The molecule has 0 aliphatic carbocycles. The van der Waals surface area contributed by atoms with Gasteiger partial charge in [-0.2, -0.15) is 0 Å². The molecule has 80 valence electrons. The molecule has 17 heavy (non-hydrogen) atoms. The van der Waals surface area contributed by atoms with E-state index in [9.17, 15) is 0 Å². The van der Waals surface area contributed by atoms with Crippen LogP contribution in [-0.4, -0.2) is 0 Å². The molecule has 0 atom stereocenters. The van der Waals surface area contributed by atoms with Gasteiger partial charge in [0.25, 0.3) is 0 Å². The van der Waals surface area contributed by atoms with E-state index in [-0.39, 0.29) is 0 Å². The fourth-order valence-electron chi connectivity index (χ4n) is 1.36. The summed E-state index contributed by atoms with van der Waals surface area (Å²) in [4.78, 5) is 0. The maximum atomic E-state index is 5.60. The number of rotatable bonds is 0. The van der Waals surface area contributed by atoms with E-state index >= 15 is 0 Å². The van der Waals surface area contributed by atoms with Crippen LogP contribution >= 0.6 is 0 Å². The standard InChI is InChI=1S/C16H11N/c1-2-13-3-5-14(6-4-13)7-8-15-9-11-16(17)12-10-15/h1,3-6,9-12H,17H2. The predicted octanol–water partition coefficient (Wildman–Crippen LogP) is 2.65. The molecule has 0 aromatic heterocycles. The van der Waals surface area contributed by atoms with Crippen molar-refractivity contribution in [3.05, 3.63) is 65.2 Å². The number of anilines is 1. The summed E-state index contributed by atoms with van der Waals surface area (Å²) in [7, 11) is 0. The highest BCUT2D eigenvalue weighted by Crippen LogP contribution is 2.05. The van der Waals surface area contributed by atoms with Crippen molar-refractivity contribution in [3.63, 3.8) is 0 Å². The van der Waals surface area contributed by atoms with Gasteiger partial charge in [0, 0.05) is 22.4 Å². The summed E-state index contributed by atoms with van der Waals surface area (Å²) < 4.78 is 0. The molecule has 0 aliphatic heterocycles. The van der Waals surface area contributed by atoms with Crippen molar-refractivity contribution >= 4 is 5.69 Å². The molecule has 0 fully saturated rings. The first-order valence-electron chi connectivity index (χ1n) is 5.22. The zero-order valence-electron chi connectivity index (χ0n) is 9.27. The van der Waals surface area contributed by atoms with Crippen molar-refractivity contribution in [1.29, 1.82) is 0 Å². The Balaban J connectivity index is 2.21. The van der Waals surface area contributed by atoms with Gasteiger partial charge in [0.05, 0.1) is 0 Å². The number of nitrogen functional groups attached to an aromatic ring is 1. The molecule has 2 aromatic rings. The monoisotopic (exact) mass is 217 g/mol. The minimum atomic E-state index is 0.744. The molecule has 1 heteroatoms. The van der Waals surface area contributed by atoms with Crippen LogP contribution in [0.15, 0.2) is 48.5 Å². The third-order valence-electron chi connectivity index (χ3n) is 2.31. The fraction of sp³-hybridized carbons (Fsp3) is 0. The SMILES string of the molecule is C#Cc1ccc(C#Cc2ccc(N)cc2)cc1. The number of hydrogen-bond donors (Lipinski definition) is 1. The summed E-state index contributed by atoms with van der Waals surface area (Å²) in [5.41, 5.74) is 9.10. The van der Waals surface area contributed by atoms with Crippen LogP contribution in [0.3, 0.4) is 0 Å². The van der Waals surface area contributed by atoms with E-state index < -0.39 is 0 Å². The van der Waals surface area contributed by atoms with E-state index in [0.29, 0.717) is 0 Å². The summed E-state index contributed by atoms with van der Waals surface area (Å²) in [6, 6.07) is 15.1. The van der Waals surface area contributed by atoms with Gasteiger partial charge in [-0.05, 0) is 48.5 Å². The third-order valence-corrected chi connectivity index (χ3v) is 2.31. The Hall–Kier alpha value is -2.64. The first-order chi connectivity index (χ1) is 8.28. The van der Waals surface area contributed by atoms with Crippen molar-refractivity contribution in [1.82, 2.24) is 0 Å². The van der Waals surface area contributed by atoms with Crippen LogP contribution in [-0.2, 0) is 0 Å². The molecule has 0 amide bonds. The summed E-state index contributed by atoms with van der Waals surface area (Å²) in [6.07, 6.45) is 5.28. The summed E-state index contributed by atoms with van der Waals surface area (Å²) >= 11 is 0. The van der Waals surface area contributed by atoms with Gasteiger partial charge >= 0.3 is 0 Å². The molecule has 0 saturated heterocycles. The highest BCUT2D eigenvalue weighted by Gasteiger charge is 1.89. The van der Waals surface area contributed by atoms with Crippen LogP contribution in [0.4, 0.5) is 5.69 Å². The van der Waals surface area contributed by atoms with Crippen LogP contribution in [0.2, 0.25) is 0 Å². The van der Waals surface area contributed by atoms with Crippen LogP contribution in [0, 0.1) is 24.2 Å². The Morgan fingerprint density at radius 2 is 1.12 bits per heavy atom. The van der Waals surface area contributed by atoms with Crippen molar-refractivity contribution in [2.75, 3.05) is 5.73 Å². The first-order valence-corrected chi connectivity index (χ1v) is 5.22. The Labute approximate surface area is 101 Å². The number of hydrogen-bond acceptors (Lipinski definition) is 1. The minimum absolute atomic E-state index is 0.744. The second-order valence-corrected chi connectivity index (χ2v) is 3.59. The molecular weight excluding hydrogens is 206 g/mol. The quantitative estimate of drug-likeness (QED) is 0.533. The Morgan fingerprint density at radius 3 is 1.59 bits per heavy atom. The number of benzene rings is 2. The van der Waals surface area contributed by atoms with E-state index in [1.807, 2.05) is 48.5 Å².